The highest BCUT2D eigenvalue weighted by atomic mass is 35.5. The van der Waals surface area contributed by atoms with Crippen molar-refractivity contribution in [2.45, 2.75) is 0 Å². The molecule has 0 saturated carbocycles. The number of nitrogens with zero attached hydrogens (tertiary/aromatic N) is 3. The maximum atomic E-state index is 6.02. The van der Waals surface area contributed by atoms with Crippen molar-refractivity contribution in [2.24, 2.45) is 0 Å². The molecular weight excluding hydrogens is 396 g/mol. The molecule has 1 aliphatic rings. The van der Waals surface area contributed by atoms with Gasteiger partial charge in [-0.2, -0.15) is 0 Å². The molecule has 0 spiro atoms. The minimum Gasteiger partial charge on any atom is -0.475 e. The molecule has 0 bridgehead atoms. The highest BCUT2D eigenvalue weighted by Gasteiger charge is 2.10. The van der Waals surface area contributed by atoms with E-state index in [0.29, 0.717) is 22.5 Å². The molecule has 5 nitrogen and oxygen atoms in total. The lowest BCUT2D eigenvalue weighted by atomic mass is 10.3. The fourth-order valence-corrected chi connectivity index (χ4v) is 2.55. The zero-order chi connectivity index (χ0) is 15.4. The molecule has 134 valence electrons. The maximum absolute atomic E-state index is 6.02. The third-order valence-electron chi connectivity index (χ3n) is 3.49. The van der Waals surface area contributed by atoms with Crippen LogP contribution in [0, 0.1) is 0 Å². The Morgan fingerprint density at radius 2 is 1.83 bits per heavy atom. The van der Waals surface area contributed by atoms with E-state index in [1.165, 1.54) is 0 Å². The zero-order valence-corrected chi connectivity index (χ0v) is 16.0. The SMILES string of the molecule is Cl.Cl.Clc1ccc(-n2ccc(OCCN3CCOCC3)n2)cc1Cl. The van der Waals surface area contributed by atoms with Gasteiger partial charge in [0.1, 0.15) is 6.61 Å². The van der Waals surface area contributed by atoms with Crippen LogP contribution in [0.2, 0.25) is 10.0 Å². The first-order chi connectivity index (χ1) is 10.7. The lowest BCUT2D eigenvalue weighted by Crippen LogP contribution is -2.38. The Bertz CT molecular complexity index is 633. The highest BCUT2D eigenvalue weighted by Crippen LogP contribution is 2.24. The minimum absolute atomic E-state index is 0. The molecule has 1 fully saturated rings. The van der Waals surface area contributed by atoms with Crippen molar-refractivity contribution in [2.75, 3.05) is 39.5 Å². The summed E-state index contributed by atoms with van der Waals surface area (Å²) in [4.78, 5) is 2.32. The Balaban J connectivity index is 0.00000144. The minimum atomic E-state index is 0. The Morgan fingerprint density at radius 3 is 2.54 bits per heavy atom. The van der Waals surface area contributed by atoms with Crippen LogP contribution in [0.4, 0.5) is 0 Å². The fraction of sp³-hybridized carbons (Fsp3) is 0.400. The van der Waals surface area contributed by atoms with Gasteiger partial charge in [-0.1, -0.05) is 23.2 Å². The average Bonchev–Trinajstić information content (AvgIpc) is 3.00. The number of hydrogen-bond acceptors (Lipinski definition) is 4. The normalized spacial score (nSPS) is 14.6. The molecule has 0 N–H and O–H groups in total. The summed E-state index contributed by atoms with van der Waals surface area (Å²) >= 11 is 11.9. The summed E-state index contributed by atoms with van der Waals surface area (Å²) in [6, 6.07) is 7.22. The Kier molecular flexibility index (Phi) is 9.19. The van der Waals surface area contributed by atoms with E-state index in [0.717, 1.165) is 38.5 Å². The number of benzene rings is 1. The van der Waals surface area contributed by atoms with E-state index in [9.17, 15) is 0 Å². The summed E-state index contributed by atoms with van der Waals surface area (Å²) in [5, 5.41) is 5.41. The predicted molar refractivity (Wildman–Crippen MR) is 101 cm³/mol. The number of morpholine rings is 1. The van der Waals surface area contributed by atoms with Crippen LogP contribution in [-0.4, -0.2) is 54.1 Å². The smallest absolute Gasteiger partial charge is 0.233 e. The molecule has 9 heteroatoms. The van der Waals surface area contributed by atoms with Crippen LogP contribution in [0.3, 0.4) is 0 Å². The fourth-order valence-electron chi connectivity index (χ4n) is 2.26. The molecule has 1 aromatic heterocycles. The number of hydrogen-bond donors (Lipinski definition) is 0. The van der Waals surface area contributed by atoms with E-state index in [-0.39, 0.29) is 24.8 Å². The van der Waals surface area contributed by atoms with Gasteiger partial charge in [-0.15, -0.1) is 29.9 Å². The van der Waals surface area contributed by atoms with E-state index in [2.05, 4.69) is 10.00 Å². The van der Waals surface area contributed by atoms with Crippen molar-refractivity contribution in [3.05, 3.63) is 40.5 Å². The first kappa shape index (κ1) is 21.4. The molecule has 0 aliphatic carbocycles. The number of rotatable bonds is 5. The van der Waals surface area contributed by atoms with Crippen molar-refractivity contribution < 1.29 is 9.47 Å². The molecule has 2 heterocycles. The summed E-state index contributed by atoms with van der Waals surface area (Å²) in [6.45, 7) is 5.00. The maximum Gasteiger partial charge on any atom is 0.233 e. The molecule has 0 radical (unpaired) electrons. The lowest BCUT2D eigenvalue weighted by Gasteiger charge is -2.26. The van der Waals surface area contributed by atoms with Crippen LogP contribution in [-0.2, 0) is 4.74 Å². The predicted octanol–water partition coefficient (Wildman–Crippen LogP) is 3.73. The highest BCUT2D eigenvalue weighted by molar-refractivity contribution is 6.42. The Hall–Kier alpha value is -0.690. The molecule has 24 heavy (non-hydrogen) atoms. The molecule has 0 unspecified atom stereocenters. The average molecular weight is 415 g/mol. The first-order valence-electron chi connectivity index (χ1n) is 7.16. The molecule has 1 saturated heterocycles. The second kappa shape index (κ2) is 10.3. The summed E-state index contributed by atoms with van der Waals surface area (Å²) in [6.07, 6.45) is 1.84. The van der Waals surface area contributed by atoms with Gasteiger partial charge in [0.15, 0.2) is 0 Å². The number of halogens is 4. The lowest BCUT2D eigenvalue weighted by molar-refractivity contribution is 0.0320. The second-order valence-corrected chi connectivity index (χ2v) is 5.81. The summed E-state index contributed by atoms with van der Waals surface area (Å²) < 4.78 is 12.7. The second-order valence-electron chi connectivity index (χ2n) is 5.00. The quantitative estimate of drug-likeness (QED) is 0.747. The van der Waals surface area contributed by atoms with Gasteiger partial charge in [-0.25, -0.2) is 4.68 Å². The van der Waals surface area contributed by atoms with Crippen LogP contribution >= 0.6 is 48.0 Å². The van der Waals surface area contributed by atoms with Crippen LogP contribution < -0.4 is 4.74 Å². The van der Waals surface area contributed by atoms with Gasteiger partial charge in [0, 0.05) is 31.9 Å². The molecule has 0 atom stereocenters. The zero-order valence-electron chi connectivity index (χ0n) is 12.9. The number of aromatic nitrogens is 2. The first-order valence-corrected chi connectivity index (χ1v) is 7.92. The van der Waals surface area contributed by atoms with E-state index in [1.807, 2.05) is 18.3 Å². The van der Waals surface area contributed by atoms with Crippen LogP contribution in [0.5, 0.6) is 5.88 Å². The molecular formula is C15H19Cl4N3O2. The monoisotopic (exact) mass is 413 g/mol. The summed E-state index contributed by atoms with van der Waals surface area (Å²) in [5.74, 6) is 0.597. The van der Waals surface area contributed by atoms with Crippen molar-refractivity contribution in [3.8, 4) is 11.6 Å². The van der Waals surface area contributed by atoms with Crippen molar-refractivity contribution in [3.63, 3.8) is 0 Å². The van der Waals surface area contributed by atoms with E-state index in [1.54, 1.807) is 16.8 Å². The topological polar surface area (TPSA) is 39.5 Å². The van der Waals surface area contributed by atoms with Crippen LogP contribution in [0.25, 0.3) is 5.69 Å². The molecule has 0 amide bonds. The summed E-state index contributed by atoms with van der Waals surface area (Å²) in [7, 11) is 0. The Labute approximate surface area is 163 Å². The third kappa shape index (κ3) is 5.69. The van der Waals surface area contributed by atoms with Crippen molar-refractivity contribution >= 4 is 48.0 Å². The molecule has 1 aromatic carbocycles. The summed E-state index contributed by atoms with van der Waals surface area (Å²) in [5.41, 5.74) is 0.845. The largest absolute Gasteiger partial charge is 0.475 e. The molecule has 3 rings (SSSR count). The van der Waals surface area contributed by atoms with E-state index in [4.69, 9.17) is 32.7 Å². The van der Waals surface area contributed by atoms with Gasteiger partial charge in [0.25, 0.3) is 0 Å². The Morgan fingerprint density at radius 1 is 1.08 bits per heavy atom. The number of ether oxygens (including phenoxy) is 2. The third-order valence-corrected chi connectivity index (χ3v) is 4.23. The van der Waals surface area contributed by atoms with Crippen LogP contribution in [0.15, 0.2) is 30.5 Å². The van der Waals surface area contributed by atoms with Gasteiger partial charge < -0.3 is 9.47 Å². The van der Waals surface area contributed by atoms with Crippen molar-refractivity contribution in [1.82, 2.24) is 14.7 Å². The standard InChI is InChI=1S/C15H17Cl2N3O2.2ClH/c16-13-2-1-12(11-14(13)17)20-4-3-15(18-20)22-10-7-19-5-8-21-9-6-19;;/h1-4,11H,5-10H2;2*1H. The van der Waals surface area contributed by atoms with E-state index >= 15 is 0 Å². The van der Waals surface area contributed by atoms with Gasteiger partial charge in [0.05, 0.1) is 28.9 Å². The molecule has 1 aliphatic heterocycles. The van der Waals surface area contributed by atoms with Gasteiger partial charge in [-0.05, 0) is 18.2 Å². The molecule has 2 aromatic rings. The van der Waals surface area contributed by atoms with Crippen molar-refractivity contribution in [1.29, 1.82) is 0 Å². The van der Waals surface area contributed by atoms with Crippen LogP contribution in [0.1, 0.15) is 0 Å². The van der Waals surface area contributed by atoms with Gasteiger partial charge >= 0.3 is 0 Å². The van der Waals surface area contributed by atoms with Gasteiger partial charge in [-0.3, -0.25) is 4.90 Å². The van der Waals surface area contributed by atoms with Gasteiger partial charge in [0.2, 0.25) is 5.88 Å². The van der Waals surface area contributed by atoms with E-state index < -0.39 is 0 Å².